The van der Waals surface area contributed by atoms with E-state index in [1.54, 1.807) is 6.20 Å². The summed E-state index contributed by atoms with van der Waals surface area (Å²) in [6.07, 6.45) is 1.78. The van der Waals surface area contributed by atoms with Gasteiger partial charge in [0.05, 0.1) is 18.0 Å². The van der Waals surface area contributed by atoms with Gasteiger partial charge in [0.25, 0.3) is 0 Å². The molecule has 3 nitrogen and oxygen atoms in total. The van der Waals surface area contributed by atoms with Crippen LogP contribution in [-0.2, 0) is 21.3 Å². The Kier molecular flexibility index (Phi) is 5.95. The van der Waals surface area contributed by atoms with E-state index in [0.29, 0.717) is 18.1 Å². The van der Waals surface area contributed by atoms with E-state index in [4.69, 9.17) is 4.74 Å². The number of aryl methyl sites for hydroxylation is 1. The molecule has 5 heteroatoms. The first kappa shape index (κ1) is 15.8. The zero-order valence-electron chi connectivity index (χ0n) is 11.3. The molecule has 0 amide bonds. The summed E-state index contributed by atoms with van der Waals surface area (Å²) in [5, 5.41) is 0. The molecule has 1 heterocycles. The number of aromatic nitrogens is 1. The second-order valence-corrected chi connectivity index (χ2v) is 7.57. The predicted octanol–water partition coefficient (Wildman–Crippen LogP) is 3.22. The molecule has 1 atom stereocenters. The minimum absolute atomic E-state index is 0.167. The summed E-state index contributed by atoms with van der Waals surface area (Å²) in [6.45, 7) is 8.53. The smallest absolute Gasteiger partial charge is 0.106 e. The number of nitrogens with zero attached hydrogens (tertiary/aromatic N) is 1. The van der Waals surface area contributed by atoms with E-state index in [1.165, 1.54) is 0 Å². The van der Waals surface area contributed by atoms with Crippen LogP contribution in [0.25, 0.3) is 0 Å². The SMILES string of the molecule is Cc1cc(Br)ncc1CS(=O)CCOC(C)(C)C. The Morgan fingerprint density at radius 2 is 2.11 bits per heavy atom. The van der Waals surface area contributed by atoms with Crippen molar-refractivity contribution in [2.75, 3.05) is 12.4 Å². The summed E-state index contributed by atoms with van der Waals surface area (Å²) in [5.41, 5.74) is 1.98. The van der Waals surface area contributed by atoms with Crippen LogP contribution < -0.4 is 0 Å². The minimum Gasteiger partial charge on any atom is -0.375 e. The van der Waals surface area contributed by atoms with Crippen LogP contribution in [0.2, 0.25) is 0 Å². The molecule has 0 aliphatic carbocycles. The van der Waals surface area contributed by atoms with Crippen LogP contribution in [-0.4, -0.2) is 27.2 Å². The number of pyridine rings is 1. The van der Waals surface area contributed by atoms with Crippen molar-refractivity contribution >= 4 is 26.7 Å². The third-order valence-electron chi connectivity index (χ3n) is 2.35. The molecule has 1 aromatic heterocycles. The van der Waals surface area contributed by atoms with Gasteiger partial charge in [0.2, 0.25) is 0 Å². The van der Waals surface area contributed by atoms with E-state index in [9.17, 15) is 4.21 Å². The van der Waals surface area contributed by atoms with E-state index >= 15 is 0 Å². The molecule has 0 radical (unpaired) electrons. The molecule has 0 fully saturated rings. The fourth-order valence-electron chi connectivity index (χ4n) is 1.39. The van der Waals surface area contributed by atoms with Gasteiger partial charge >= 0.3 is 0 Å². The van der Waals surface area contributed by atoms with E-state index in [0.717, 1.165) is 15.7 Å². The summed E-state index contributed by atoms with van der Waals surface area (Å²) in [4.78, 5) is 4.16. The van der Waals surface area contributed by atoms with Crippen LogP contribution in [0.4, 0.5) is 0 Å². The molecule has 1 aromatic rings. The van der Waals surface area contributed by atoms with Crippen LogP contribution in [0.15, 0.2) is 16.9 Å². The Bertz CT molecular complexity index is 429. The molecule has 0 spiro atoms. The first-order valence-electron chi connectivity index (χ1n) is 5.88. The standard InChI is InChI=1S/C13H20BrNO2S/c1-10-7-12(14)15-8-11(10)9-18(16)6-5-17-13(2,3)4/h7-8H,5-6,9H2,1-4H3. The van der Waals surface area contributed by atoms with Gasteiger partial charge < -0.3 is 4.74 Å². The molecule has 0 saturated heterocycles. The quantitative estimate of drug-likeness (QED) is 0.776. The van der Waals surface area contributed by atoms with Crippen molar-refractivity contribution in [1.82, 2.24) is 4.98 Å². The number of ether oxygens (including phenoxy) is 1. The lowest BCUT2D eigenvalue weighted by molar-refractivity contribution is 0.00668. The molecule has 18 heavy (non-hydrogen) atoms. The van der Waals surface area contributed by atoms with Crippen LogP contribution in [0.3, 0.4) is 0 Å². The van der Waals surface area contributed by atoms with Crippen LogP contribution in [0, 0.1) is 6.92 Å². The third kappa shape index (κ3) is 6.07. The van der Waals surface area contributed by atoms with Crippen molar-refractivity contribution in [1.29, 1.82) is 0 Å². The zero-order chi connectivity index (χ0) is 13.8. The number of rotatable bonds is 5. The van der Waals surface area contributed by atoms with Gasteiger partial charge in [-0.2, -0.15) is 0 Å². The Labute approximate surface area is 120 Å². The van der Waals surface area contributed by atoms with Crippen molar-refractivity contribution in [3.05, 3.63) is 28.0 Å². The van der Waals surface area contributed by atoms with Gasteiger partial charge in [0, 0.05) is 22.7 Å². The minimum atomic E-state index is -0.903. The summed E-state index contributed by atoms with van der Waals surface area (Å²) >= 11 is 3.32. The van der Waals surface area contributed by atoms with E-state index in [-0.39, 0.29) is 5.60 Å². The highest BCUT2D eigenvalue weighted by atomic mass is 79.9. The zero-order valence-corrected chi connectivity index (χ0v) is 13.7. The lowest BCUT2D eigenvalue weighted by Crippen LogP contribution is -2.22. The lowest BCUT2D eigenvalue weighted by Gasteiger charge is -2.19. The topological polar surface area (TPSA) is 39.2 Å². The normalized spacial score (nSPS) is 13.6. The highest BCUT2D eigenvalue weighted by molar-refractivity contribution is 9.10. The molecule has 1 unspecified atom stereocenters. The van der Waals surface area contributed by atoms with Gasteiger partial charge in [-0.25, -0.2) is 4.98 Å². The highest BCUT2D eigenvalue weighted by Crippen LogP contribution is 2.14. The Morgan fingerprint density at radius 3 is 2.67 bits per heavy atom. The van der Waals surface area contributed by atoms with E-state index in [2.05, 4.69) is 20.9 Å². The summed E-state index contributed by atoms with van der Waals surface area (Å²) in [5.74, 6) is 1.10. The van der Waals surface area contributed by atoms with E-state index in [1.807, 2.05) is 33.8 Å². The van der Waals surface area contributed by atoms with Gasteiger partial charge in [-0.3, -0.25) is 4.21 Å². The fraction of sp³-hybridized carbons (Fsp3) is 0.615. The van der Waals surface area contributed by atoms with Crippen molar-refractivity contribution in [2.45, 2.75) is 39.0 Å². The number of halogens is 1. The Balaban J connectivity index is 2.45. The molecular formula is C13H20BrNO2S. The molecule has 0 aliphatic rings. The molecule has 0 aromatic carbocycles. The number of hydrogen-bond donors (Lipinski definition) is 0. The van der Waals surface area contributed by atoms with Crippen LogP contribution >= 0.6 is 15.9 Å². The first-order valence-corrected chi connectivity index (χ1v) is 8.16. The first-order chi connectivity index (χ1) is 8.28. The lowest BCUT2D eigenvalue weighted by atomic mass is 10.2. The predicted molar refractivity (Wildman–Crippen MR) is 79.1 cm³/mol. The third-order valence-corrected chi connectivity index (χ3v) is 4.04. The monoisotopic (exact) mass is 333 g/mol. The van der Waals surface area contributed by atoms with Gasteiger partial charge in [0.15, 0.2) is 0 Å². The average molecular weight is 334 g/mol. The molecule has 102 valence electrons. The Hall–Kier alpha value is -0.260. The fourth-order valence-corrected chi connectivity index (χ4v) is 2.90. The van der Waals surface area contributed by atoms with Gasteiger partial charge in [-0.1, -0.05) is 0 Å². The molecule has 0 N–H and O–H groups in total. The summed E-state index contributed by atoms with van der Waals surface area (Å²) in [6, 6.07) is 1.94. The molecule has 0 bridgehead atoms. The molecule has 1 rings (SSSR count). The Morgan fingerprint density at radius 1 is 1.44 bits per heavy atom. The largest absolute Gasteiger partial charge is 0.375 e. The number of hydrogen-bond acceptors (Lipinski definition) is 3. The van der Waals surface area contributed by atoms with Crippen molar-refractivity contribution in [3.63, 3.8) is 0 Å². The van der Waals surface area contributed by atoms with Gasteiger partial charge in [-0.15, -0.1) is 0 Å². The summed E-state index contributed by atoms with van der Waals surface area (Å²) in [7, 11) is -0.903. The molecule has 0 aliphatic heterocycles. The maximum atomic E-state index is 11.9. The summed E-state index contributed by atoms with van der Waals surface area (Å²) < 4.78 is 18.3. The van der Waals surface area contributed by atoms with Crippen LogP contribution in [0.5, 0.6) is 0 Å². The second-order valence-electron chi connectivity index (χ2n) is 5.18. The molecular weight excluding hydrogens is 314 g/mol. The van der Waals surface area contributed by atoms with Crippen LogP contribution in [0.1, 0.15) is 31.9 Å². The van der Waals surface area contributed by atoms with Gasteiger partial charge in [-0.05, 0) is 60.8 Å². The van der Waals surface area contributed by atoms with Crippen molar-refractivity contribution in [2.24, 2.45) is 0 Å². The van der Waals surface area contributed by atoms with Crippen molar-refractivity contribution < 1.29 is 8.95 Å². The second kappa shape index (κ2) is 6.78. The van der Waals surface area contributed by atoms with Gasteiger partial charge in [0.1, 0.15) is 4.60 Å². The van der Waals surface area contributed by atoms with Crippen molar-refractivity contribution in [3.8, 4) is 0 Å². The van der Waals surface area contributed by atoms with E-state index < -0.39 is 10.8 Å². The molecule has 0 saturated carbocycles. The average Bonchev–Trinajstić information content (AvgIpc) is 2.20. The maximum Gasteiger partial charge on any atom is 0.106 e. The maximum absolute atomic E-state index is 11.9. The highest BCUT2D eigenvalue weighted by Gasteiger charge is 2.11.